The highest BCUT2D eigenvalue weighted by Gasteiger charge is 2.53. The molecular formula is C25H43NO2. The fourth-order valence-electron chi connectivity index (χ4n) is 5.93. The van der Waals surface area contributed by atoms with E-state index in [0.717, 1.165) is 12.8 Å². The predicted octanol–water partition coefficient (Wildman–Crippen LogP) is 6.52. The van der Waals surface area contributed by atoms with Crippen molar-refractivity contribution in [2.75, 3.05) is 0 Å². The summed E-state index contributed by atoms with van der Waals surface area (Å²) in [5.41, 5.74) is 0. The van der Waals surface area contributed by atoms with Crippen LogP contribution >= 0.6 is 0 Å². The molecule has 0 radical (unpaired) electrons. The molecule has 0 aromatic carbocycles. The molecule has 2 rings (SSSR count). The van der Waals surface area contributed by atoms with Crippen LogP contribution in [-0.2, 0) is 9.59 Å². The van der Waals surface area contributed by atoms with E-state index in [1.807, 2.05) is 0 Å². The Kier molecular flexibility index (Phi) is 9.74. The Hall–Kier alpha value is -1.12. The maximum absolute atomic E-state index is 12.7. The molecule has 3 nitrogen and oxygen atoms in total. The fraction of sp³-hybridized carbons (Fsp3) is 0.840. The molecule has 2 aliphatic rings. The molecule has 28 heavy (non-hydrogen) atoms. The van der Waals surface area contributed by atoms with Crippen LogP contribution in [0.5, 0.6) is 0 Å². The number of unbranched alkanes of at least 4 members (excludes halogenated alkanes) is 4. The zero-order valence-electron chi connectivity index (χ0n) is 18.8. The second kappa shape index (κ2) is 11.8. The van der Waals surface area contributed by atoms with Crippen LogP contribution in [0.25, 0.3) is 0 Å². The molecule has 160 valence electrons. The molecule has 0 spiro atoms. The quantitative estimate of drug-likeness (QED) is 0.336. The summed E-state index contributed by atoms with van der Waals surface area (Å²) in [4.78, 5) is 27.0. The van der Waals surface area contributed by atoms with Crippen LogP contribution in [0.15, 0.2) is 12.2 Å². The van der Waals surface area contributed by atoms with Crippen molar-refractivity contribution in [2.24, 2.45) is 23.7 Å². The van der Waals surface area contributed by atoms with Crippen molar-refractivity contribution in [3.63, 3.8) is 0 Å². The molecule has 2 amide bonds. The van der Waals surface area contributed by atoms with Crippen LogP contribution in [0.3, 0.4) is 0 Å². The van der Waals surface area contributed by atoms with E-state index in [1.54, 1.807) is 4.90 Å². The second-order valence-corrected chi connectivity index (χ2v) is 9.09. The first kappa shape index (κ1) is 23.2. The fourth-order valence-corrected chi connectivity index (χ4v) is 5.93. The van der Waals surface area contributed by atoms with Gasteiger partial charge in [-0.25, -0.2) is 0 Å². The molecule has 0 aromatic heterocycles. The third kappa shape index (κ3) is 5.27. The molecule has 1 aliphatic carbocycles. The highest BCUT2D eigenvalue weighted by atomic mass is 16.2. The standard InChI is InChI=1S/C25H43NO2/c1-5-9-13-19-20(14-10-6-2)22(16-12-8-4)25(21(19)15-11-7-3)26-23(27)17-18-24(26)28/h17-22,25H,5-16H2,1-4H3/t19-,20-,21-,22-/m1/s1. The number of amides is 2. The van der Waals surface area contributed by atoms with Crippen molar-refractivity contribution >= 4 is 11.8 Å². The van der Waals surface area contributed by atoms with E-state index in [0.29, 0.717) is 23.7 Å². The van der Waals surface area contributed by atoms with Gasteiger partial charge in [0.25, 0.3) is 11.8 Å². The molecule has 0 bridgehead atoms. The summed E-state index contributed by atoms with van der Waals surface area (Å²) in [7, 11) is 0. The minimum absolute atomic E-state index is 0.0663. The number of hydrogen-bond donors (Lipinski definition) is 0. The SMILES string of the molecule is CCCC[C@@H]1[C@@H](CCCC)[C@@H](CCCC)C(N2C(=O)C=CC2=O)[C@@H]1CCCC. The second-order valence-electron chi connectivity index (χ2n) is 9.09. The lowest BCUT2D eigenvalue weighted by molar-refractivity contribution is -0.141. The summed E-state index contributed by atoms with van der Waals surface area (Å²) >= 11 is 0. The molecule has 3 heteroatoms. The van der Waals surface area contributed by atoms with Crippen molar-refractivity contribution in [1.29, 1.82) is 0 Å². The molecule has 4 atom stereocenters. The monoisotopic (exact) mass is 389 g/mol. The molecule has 1 fully saturated rings. The number of nitrogens with zero attached hydrogens (tertiary/aromatic N) is 1. The van der Waals surface area contributed by atoms with Gasteiger partial charge in [0.2, 0.25) is 0 Å². The van der Waals surface area contributed by atoms with Crippen molar-refractivity contribution in [1.82, 2.24) is 4.90 Å². The first-order valence-electron chi connectivity index (χ1n) is 12.2. The summed E-state index contributed by atoms with van der Waals surface area (Å²) in [5, 5.41) is 0. The average Bonchev–Trinajstić information content (AvgIpc) is 3.16. The van der Waals surface area contributed by atoms with Gasteiger partial charge in [0, 0.05) is 18.2 Å². The van der Waals surface area contributed by atoms with Crippen molar-refractivity contribution in [2.45, 2.75) is 111 Å². The molecule has 0 saturated heterocycles. The number of rotatable bonds is 13. The summed E-state index contributed by atoms with van der Waals surface area (Å²) in [5.74, 6) is 2.19. The Morgan fingerprint density at radius 2 is 0.929 bits per heavy atom. The lowest BCUT2D eigenvalue weighted by Crippen LogP contribution is -2.46. The van der Waals surface area contributed by atoms with Gasteiger partial charge in [-0.05, 0) is 49.4 Å². The lowest BCUT2D eigenvalue weighted by atomic mass is 9.78. The minimum atomic E-state index is -0.0663. The van der Waals surface area contributed by atoms with E-state index in [2.05, 4.69) is 27.7 Å². The molecule has 0 aromatic rings. The lowest BCUT2D eigenvalue weighted by Gasteiger charge is -2.34. The number of carbonyl (C=O) groups excluding carboxylic acids is 2. The Labute approximate surface area is 173 Å². The van der Waals surface area contributed by atoms with Gasteiger partial charge >= 0.3 is 0 Å². The average molecular weight is 390 g/mol. The number of hydrogen-bond acceptors (Lipinski definition) is 2. The Morgan fingerprint density at radius 3 is 1.25 bits per heavy atom. The molecule has 0 unspecified atom stereocenters. The summed E-state index contributed by atoms with van der Waals surface area (Å²) < 4.78 is 0. The summed E-state index contributed by atoms with van der Waals surface area (Å²) in [6.07, 6.45) is 17.6. The molecule has 1 heterocycles. The first-order valence-corrected chi connectivity index (χ1v) is 12.2. The zero-order valence-corrected chi connectivity index (χ0v) is 18.8. The maximum atomic E-state index is 12.7. The highest BCUT2D eigenvalue weighted by molar-refractivity contribution is 6.13. The van der Waals surface area contributed by atoms with E-state index in [-0.39, 0.29) is 17.9 Å². The van der Waals surface area contributed by atoms with E-state index < -0.39 is 0 Å². The number of imide groups is 1. The van der Waals surface area contributed by atoms with Gasteiger partial charge in [0.15, 0.2) is 0 Å². The number of carbonyl (C=O) groups is 2. The third-order valence-electron chi connectivity index (χ3n) is 7.23. The minimum Gasteiger partial charge on any atom is -0.272 e. The van der Waals surface area contributed by atoms with Crippen molar-refractivity contribution in [3.8, 4) is 0 Å². The molecule has 0 N–H and O–H groups in total. The smallest absolute Gasteiger partial charge is 0.253 e. The molecular weight excluding hydrogens is 346 g/mol. The Balaban J connectivity index is 2.39. The van der Waals surface area contributed by atoms with Crippen LogP contribution in [-0.4, -0.2) is 22.8 Å². The Morgan fingerprint density at radius 1 is 0.607 bits per heavy atom. The van der Waals surface area contributed by atoms with E-state index in [4.69, 9.17) is 0 Å². The van der Waals surface area contributed by atoms with Gasteiger partial charge in [-0.1, -0.05) is 79.1 Å². The van der Waals surface area contributed by atoms with Crippen LogP contribution in [0.2, 0.25) is 0 Å². The van der Waals surface area contributed by atoms with Crippen LogP contribution in [0, 0.1) is 23.7 Å². The van der Waals surface area contributed by atoms with Crippen LogP contribution < -0.4 is 0 Å². The van der Waals surface area contributed by atoms with Gasteiger partial charge in [0.05, 0.1) is 0 Å². The maximum Gasteiger partial charge on any atom is 0.253 e. The van der Waals surface area contributed by atoms with Crippen LogP contribution in [0.4, 0.5) is 0 Å². The predicted molar refractivity (Wildman–Crippen MR) is 117 cm³/mol. The molecule has 1 aliphatic heterocycles. The van der Waals surface area contributed by atoms with Gasteiger partial charge in [-0.2, -0.15) is 0 Å². The normalized spacial score (nSPS) is 30.0. The van der Waals surface area contributed by atoms with E-state index >= 15 is 0 Å². The van der Waals surface area contributed by atoms with Crippen molar-refractivity contribution in [3.05, 3.63) is 12.2 Å². The third-order valence-corrected chi connectivity index (χ3v) is 7.23. The summed E-state index contributed by atoms with van der Waals surface area (Å²) in [6, 6.07) is 0.122. The van der Waals surface area contributed by atoms with Crippen LogP contribution in [0.1, 0.15) is 105 Å². The van der Waals surface area contributed by atoms with E-state index in [9.17, 15) is 9.59 Å². The van der Waals surface area contributed by atoms with Gasteiger partial charge in [0.1, 0.15) is 0 Å². The highest BCUT2D eigenvalue weighted by Crippen LogP contribution is 2.52. The largest absolute Gasteiger partial charge is 0.272 e. The summed E-state index contributed by atoms with van der Waals surface area (Å²) in [6.45, 7) is 9.06. The molecule has 1 saturated carbocycles. The van der Waals surface area contributed by atoms with Gasteiger partial charge in [-0.15, -0.1) is 0 Å². The zero-order chi connectivity index (χ0) is 20.5. The van der Waals surface area contributed by atoms with Gasteiger partial charge in [-0.3, -0.25) is 14.5 Å². The van der Waals surface area contributed by atoms with E-state index in [1.165, 1.54) is 76.4 Å². The Bertz CT molecular complexity index is 483. The topological polar surface area (TPSA) is 37.4 Å². The van der Waals surface area contributed by atoms with Crippen molar-refractivity contribution < 1.29 is 9.59 Å². The van der Waals surface area contributed by atoms with Gasteiger partial charge < -0.3 is 0 Å². The first-order chi connectivity index (χ1) is 13.6.